The number of hydrogen-bond acceptors (Lipinski definition) is 3. The summed E-state index contributed by atoms with van der Waals surface area (Å²) in [5.41, 5.74) is 0. The van der Waals surface area contributed by atoms with Crippen molar-refractivity contribution < 1.29 is 0 Å². The van der Waals surface area contributed by atoms with Crippen LogP contribution in [0, 0.1) is 5.92 Å². The molecule has 1 saturated heterocycles. The molecule has 1 aromatic carbocycles. The molecule has 1 unspecified atom stereocenters. The topological polar surface area (TPSA) is 15.3 Å². The van der Waals surface area contributed by atoms with E-state index >= 15 is 0 Å². The van der Waals surface area contributed by atoms with Gasteiger partial charge < -0.3 is 10.2 Å². The molecule has 0 spiro atoms. The lowest BCUT2D eigenvalue weighted by molar-refractivity contribution is 0.269. The minimum atomic E-state index is 0.680. The normalized spacial score (nSPS) is 21.1. The van der Waals surface area contributed by atoms with E-state index in [-0.39, 0.29) is 0 Å². The fraction of sp³-hybridized carbons (Fsp3) is 0.647. The van der Waals surface area contributed by atoms with E-state index in [2.05, 4.69) is 54.4 Å². The number of nitrogens with zero attached hydrogens (tertiary/aromatic N) is 1. The summed E-state index contributed by atoms with van der Waals surface area (Å²) in [6.07, 6.45) is 2.58. The van der Waals surface area contributed by atoms with Crippen molar-refractivity contribution in [3.05, 3.63) is 30.3 Å². The molecular weight excluding hydrogens is 264 g/mol. The van der Waals surface area contributed by atoms with Crippen LogP contribution in [0.25, 0.3) is 0 Å². The van der Waals surface area contributed by atoms with Crippen LogP contribution in [0.1, 0.15) is 26.7 Å². The average molecular weight is 292 g/mol. The lowest BCUT2D eigenvalue weighted by Crippen LogP contribution is -2.39. The molecule has 0 aromatic heterocycles. The van der Waals surface area contributed by atoms with Crippen molar-refractivity contribution in [2.75, 3.05) is 31.9 Å². The third-order valence-corrected chi connectivity index (χ3v) is 4.73. The summed E-state index contributed by atoms with van der Waals surface area (Å²) in [5, 5.41) is 3.70. The van der Waals surface area contributed by atoms with Crippen molar-refractivity contribution in [2.24, 2.45) is 5.92 Å². The number of rotatable bonds is 6. The molecule has 1 aromatic rings. The molecule has 2 nitrogen and oxygen atoms in total. The zero-order valence-corrected chi connectivity index (χ0v) is 13.7. The molecule has 0 saturated carbocycles. The molecule has 1 atom stereocenters. The zero-order chi connectivity index (χ0) is 14.2. The Kier molecular flexibility index (Phi) is 6.91. The molecule has 0 radical (unpaired) electrons. The molecule has 3 heteroatoms. The lowest BCUT2D eigenvalue weighted by atomic mass is 10.0. The fourth-order valence-electron chi connectivity index (χ4n) is 2.82. The van der Waals surface area contributed by atoms with Gasteiger partial charge in [-0.25, -0.2) is 0 Å². The van der Waals surface area contributed by atoms with E-state index in [9.17, 15) is 0 Å². The second-order valence-electron chi connectivity index (χ2n) is 6.10. The molecule has 2 rings (SSSR count). The molecule has 1 heterocycles. The van der Waals surface area contributed by atoms with Gasteiger partial charge in [-0.1, -0.05) is 32.0 Å². The number of thioether (sulfide) groups is 1. The summed E-state index contributed by atoms with van der Waals surface area (Å²) in [4.78, 5) is 4.03. The van der Waals surface area contributed by atoms with Crippen LogP contribution in [-0.4, -0.2) is 42.9 Å². The van der Waals surface area contributed by atoms with Crippen LogP contribution in [-0.2, 0) is 0 Å². The Labute approximate surface area is 128 Å². The van der Waals surface area contributed by atoms with Crippen molar-refractivity contribution in [1.29, 1.82) is 0 Å². The predicted molar refractivity (Wildman–Crippen MR) is 89.5 cm³/mol. The summed E-state index contributed by atoms with van der Waals surface area (Å²) in [7, 11) is 0. The predicted octanol–water partition coefficient (Wildman–Crippen LogP) is 3.49. The lowest BCUT2D eigenvalue weighted by Gasteiger charge is -2.25. The van der Waals surface area contributed by atoms with Crippen LogP contribution in [0.15, 0.2) is 35.2 Å². The second kappa shape index (κ2) is 8.71. The Morgan fingerprint density at radius 3 is 2.85 bits per heavy atom. The highest BCUT2D eigenvalue weighted by Crippen LogP contribution is 2.17. The summed E-state index contributed by atoms with van der Waals surface area (Å²) >= 11 is 1.97. The molecule has 1 N–H and O–H groups in total. The van der Waals surface area contributed by atoms with Gasteiger partial charge in [0.1, 0.15) is 0 Å². The first-order valence-corrected chi connectivity index (χ1v) is 8.86. The van der Waals surface area contributed by atoms with Crippen LogP contribution in [0.5, 0.6) is 0 Å². The first-order chi connectivity index (χ1) is 9.74. The van der Waals surface area contributed by atoms with Crippen molar-refractivity contribution in [2.45, 2.75) is 37.6 Å². The smallest absolute Gasteiger partial charge is 0.0197 e. The van der Waals surface area contributed by atoms with Crippen LogP contribution in [0.2, 0.25) is 0 Å². The maximum absolute atomic E-state index is 3.70. The minimum Gasteiger partial charge on any atom is -0.313 e. The monoisotopic (exact) mass is 292 g/mol. The van der Waals surface area contributed by atoms with Crippen LogP contribution < -0.4 is 5.32 Å². The van der Waals surface area contributed by atoms with Gasteiger partial charge in [-0.2, -0.15) is 0 Å². The van der Waals surface area contributed by atoms with Gasteiger partial charge in [0.2, 0.25) is 0 Å². The van der Waals surface area contributed by atoms with Gasteiger partial charge in [0.15, 0.2) is 0 Å². The SMILES string of the molecule is CC(C)CC1CN(CCSc2ccccc2)CCCN1. The highest BCUT2D eigenvalue weighted by Gasteiger charge is 2.18. The Balaban J connectivity index is 1.73. The first-order valence-electron chi connectivity index (χ1n) is 7.87. The van der Waals surface area contributed by atoms with Crippen molar-refractivity contribution in [1.82, 2.24) is 10.2 Å². The van der Waals surface area contributed by atoms with Gasteiger partial charge in [-0.3, -0.25) is 0 Å². The van der Waals surface area contributed by atoms with Gasteiger partial charge in [-0.05, 0) is 44.0 Å². The Bertz CT molecular complexity index is 367. The van der Waals surface area contributed by atoms with Gasteiger partial charge in [0, 0.05) is 29.8 Å². The van der Waals surface area contributed by atoms with Crippen LogP contribution in [0.4, 0.5) is 0 Å². The summed E-state index contributed by atoms with van der Waals surface area (Å²) in [6.45, 7) is 9.49. The van der Waals surface area contributed by atoms with Gasteiger partial charge >= 0.3 is 0 Å². The van der Waals surface area contributed by atoms with E-state index in [0.717, 1.165) is 5.92 Å². The molecule has 20 heavy (non-hydrogen) atoms. The van der Waals surface area contributed by atoms with Gasteiger partial charge in [0.25, 0.3) is 0 Å². The van der Waals surface area contributed by atoms with Gasteiger partial charge in [-0.15, -0.1) is 11.8 Å². The van der Waals surface area contributed by atoms with Crippen molar-refractivity contribution >= 4 is 11.8 Å². The summed E-state index contributed by atoms with van der Waals surface area (Å²) in [6, 6.07) is 11.4. The second-order valence-corrected chi connectivity index (χ2v) is 7.26. The highest BCUT2D eigenvalue weighted by atomic mass is 32.2. The molecule has 0 amide bonds. The summed E-state index contributed by atoms with van der Waals surface area (Å²) in [5.74, 6) is 1.98. The fourth-order valence-corrected chi connectivity index (χ4v) is 3.75. The highest BCUT2D eigenvalue weighted by molar-refractivity contribution is 7.99. The Morgan fingerprint density at radius 1 is 1.30 bits per heavy atom. The standard InChI is InChI=1S/C17H28N2S/c1-15(2)13-16-14-19(10-6-9-18-16)11-12-20-17-7-4-3-5-8-17/h3-5,7-8,15-16,18H,6,9-14H2,1-2H3. The van der Waals surface area contributed by atoms with Crippen molar-refractivity contribution in [3.63, 3.8) is 0 Å². The van der Waals surface area contributed by atoms with E-state index < -0.39 is 0 Å². The molecule has 0 bridgehead atoms. The summed E-state index contributed by atoms with van der Waals surface area (Å²) < 4.78 is 0. The van der Waals surface area contributed by atoms with Crippen molar-refractivity contribution in [3.8, 4) is 0 Å². The largest absolute Gasteiger partial charge is 0.313 e. The van der Waals surface area contributed by atoms with E-state index in [0.29, 0.717) is 6.04 Å². The van der Waals surface area contributed by atoms with E-state index in [1.807, 2.05) is 11.8 Å². The average Bonchev–Trinajstić information content (AvgIpc) is 2.65. The molecular formula is C17H28N2S. The third-order valence-electron chi connectivity index (χ3n) is 3.74. The number of nitrogens with one attached hydrogen (secondary N) is 1. The molecule has 1 aliphatic rings. The van der Waals surface area contributed by atoms with E-state index in [1.165, 1.54) is 49.7 Å². The Morgan fingerprint density at radius 2 is 2.10 bits per heavy atom. The molecule has 0 aliphatic carbocycles. The number of benzene rings is 1. The van der Waals surface area contributed by atoms with Crippen LogP contribution >= 0.6 is 11.8 Å². The van der Waals surface area contributed by atoms with Crippen LogP contribution in [0.3, 0.4) is 0 Å². The maximum atomic E-state index is 3.70. The Hall–Kier alpha value is -0.510. The quantitative estimate of drug-likeness (QED) is 0.808. The van der Waals surface area contributed by atoms with E-state index in [4.69, 9.17) is 0 Å². The van der Waals surface area contributed by atoms with E-state index in [1.54, 1.807) is 0 Å². The van der Waals surface area contributed by atoms with Gasteiger partial charge in [0.05, 0.1) is 0 Å². The number of hydrogen-bond donors (Lipinski definition) is 1. The zero-order valence-electron chi connectivity index (χ0n) is 12.8. The molecule has 1 fully saturated rings. The maximum Gasteiger partial charge on any atom is 0.0197 e. The molecule has 1 aliphatic heterocycles. The molecule has 112 valence electrons. The first kappa shape index (κ1) is 15.9. The minimum absolute atomic E-state index is 0.680. The third kappa shape index (κ3) is 5.86.